The number of rotatable bonds is 0. The molecule has 0 aromatic carbocycles. The van der Waals surface area contributed by atoms with Crippen molar-refractivity contribution >= 4 is 5.78 Å². The second-order valence-corrected chi connectivity index (χ2v) is 2.65. The van der Waals surface area contributed by atoms with Crippen LogP contribution in [-0.2, 0) is 35.8 Å². The third-order valence-corrected chi connectivity index (χ3v) is 1.94. The number of allylic oxidation sites excluding steroid dienone is 4. The van der Waals surface area contributed by atoms with E-state index >= 15 is 0 Å². The molecule has 5 heteroatoms. The summed E-state index contributed by atoms with van der Waals surface area (Å²) in [6.07, 6.45) is 8.67. The molecule has 2 aliphatic rings. The van der Waals surface area contributed by atoms with Gasteiger partial charge < -0.3 is 0 Å². The molecule has 0 N–H and O–H groups in total. The standard InChI is InChI=1S/C8H8O.3CO.Fe/c9-8-4-2-1-3-6-5-7(6)8;3*1-2;/h1-4,6-7H,5H2;;;;. The number of hydrogen-bond donors (Lipinski definition) is 0. The first-order valence-corrected chi connectivity index (χ1v) is 3.88. The predicted molar refractivity (Wildman–Crippen MR) is 46.7 cm³/mol. The molecule has 1 fully saturated rings. The molecule has 84 valence electrons. The van der Waals surface area contributed by atoms with Gasteiger partial charge in [0.25, 0.3) is 0 Å². The molecule has 2 atom stereocenters. The minimum absolute atomic E-state index is 0. The van der Waals surface area contributed by atoms with Gasteiger partial charge in [0.05, 0.1) is 0 Å². The van der Waals surface area contributed by atoms with Crippen LogP contribution < -0.4 is 0 Å². The van der Waals surface area contributed by atoms with Crippen LogP contribution >= 0.6 is 0 Å². The zero-order valence-corrected chi connectivity index (χ0v) is 9.26. The maximum Gasteiger partial charge on any atom is 0 e. The molecule has 0 heterocycles. The van der Waals surface area contributed by atoms with E-state index in [1.807, 2.05) is 12.2 Å². The van der Waals surface area contributed by atoms with Crippen LogP contribution in [0.3, 0.4) is 0 Å². The van der Waals surface area contributed by atoms with Crippen molar-refractivity contribution in [3.8, 4) is 0 Å². The van der Waals surface area contributed by atoms with Gasteiger partial charge in [-0.05, 0) is 18.4 Å². The van der Waals surface area contributed by atoms with Crippen molar-refractivity contribution in [3.05, 3.63) is 44.3 Å². The minimum Gasteiger partial charge on any atom is 0 e. The molecular weight excluding hydrogens is 252 g/mol. The molecule has 0 spiro atoms. The van der Waals surface area contributed by atoms with Crippen molar-refractivity contribution in [2.75, 3.05) is 0 Å². The van der Waals surface area contributed by atoms with E-state index in [0.29, 0.717) is 17.6 Å². The van der Waals surface area contributed by atoms with Crippen molar-refractivity contribution in [2.45, 2.75) is 6.42 Å². The minimum atomic E-state index is 0. The van der Waals surface area contributed by atoms with Gasteiger partial charge in [0.15, 0.2) is 5.78 Å². The van der Waals surface area contributed by atoms with Crippen LogP contribution in [0.25, 0.3) is 0 Å². The second-order valence-electron chi connectivity index (χ2n) is 2.65. The van der Waals surface area contributed by atoms with Gasteiger partial charge in [0, 0.05) is 23.0 Å². The van der Waals surface area contributed by atoms with E-state index in [2.05, 4.69) is 26.0 Å². The molecule has 0 saturated heterocycles. The van der Waals surface area contributed by atoms with Gasteiger partial charge in [0.1, 0.15) is 0 Å². The molecule has 16 heavy (non-hydrogen) atoms. The summed E-state index contributed by atoms with van der Waals surface area (Å²) in [6, 6.07) is 0. The van der Waals surface area contributed by atoms with Crippen molar-refractivity contribution in [1.82, 2.24) is 0 Å². The first-order chi connectivity index (χ1) is 7.38. The predicted octanol–water partition coefficient (Wildman–Crippen LogP) is 1.20. The van der Waals surface area contributed by atoms with Crippen LogP contribution in [-0.4, -0.2) is 5.78 Å². The third-order valence-electron chi connectivity index (χ3n) is 1.94. The summed E-state index contributed by atoms with van der Waals surface area (Å²) in [5.41, 5.74) is 0. The number of ketones is 1. The maximum absolute atomic E-state index is 10.9. The van der Waals surface area contributed by atoms with Crippen LogP contribution in [0, 0.1) is 31.8 Å². The second kappa shape index (κ2) is 13.9. The summed E-state index contributed by atoms with van der Waals surface area (Å²) < 4.78 is 22.5. The van der Waals surface area contributed by atoms with Gasteiger partial charge in [-0.15, -0.1) is 0 Å². The molecule has 2 aliphatic carbocycles. The topological polar surface area (TPSA) is 76.8 Å². The van der Waals surface area contributed by atoms with Crippen molar-refractivity contribution < 1.29 is 35.8 Å². The van der Waals surface area contributed by atoms with Gasteiger partial charge in [-0.3, -0.25) is 4.79 Å². The van der Waals surface area contributed by atoms with Crippen LogP contribution in [0.2, 0.25) is 0 Å². The van der Waals surface area contributed by atoms with E-state index < -0.39 is 0 Å². The van der Waals surface area contributed by atoms with E-state index in [1.165, 1.54) is 0 Å². The summed E-state index contributed by atoms with van der Waals surface area (Å²) >= 11 is 0. The van der Waals surface area contributed by atoms with E-state index in [4.69, 9.17) is 14.0 Å². The molecule has 0 bridgehead atoms. The van der Waals surface area contributed by atoms with Gasteiger partial charge in [-0.2, -0.15) is 0 Å². The third kappa shape index (κ3) is 7.22. The van der Waals surface area contributed by atoms with Crippen LogP contribution in [0.5, 0.6) is 0 Å². The van der Waals surface area contributed by atoms with Crippen molar-refractivity contribution in [1.29, 1.82) is 0 Å². The first kappa shape index (κ1) is 20.3. The average molecular weight is 260 g/mol. The monoisotopic (exact) mass is 260 g/mol. The Morgan fingerprint density at radius 1 is 1.06 bits per heavy atom. The van der Waals surface area contributed by atoms with Crippen molar-refractivity contribution in [2.24, 2.45) is 11.8 Å². The molecule has 2 rings (SSSR count). The number of carbonyl (C=O) groups excluding carboxylic acids is 1. The van der Waals surface area contributed by atoms with Crippen LogP contribution in [0.1, 0.15) is 6.42 Å². The fourth-order valence-corrected chi connectivity index (χ4v) is 1.24. The van der Waals surface area contributed by atoms with Crippen LogP contribution in [0.15, 0.2) is 24.3 Å². The Bertz CT molecular complexity index is 297. The number of hydrogen-bond acceptors (Lipinski definition) is 1. The van der Waals surface area contributed by atoms with Gasteiger partial charge in [-0.25, -0.2) is 0 Å². The zero-order chi connectivity index (χ0) is 12.3. The molecule has 0 aromatic rings. The number of fused-ring (bicyclic) bond motifs is 1. The summed E-state index contributed by atoms with van der Waals surface area (Å²) in [5.74, 6) is 1.23. The Kier molecular flexibility index (Phi) is 17.6. The fourth-order valence-electron chi connectivity index (χ4n) is 1.24. The molecule has 0 aromatic heterocycles. The fraction of sp³-hybridized carbons (Fsp3) is 0.273. The largest absolute Gasteiger partial charge is 0 e. The Morgan fingerprint density at radius 2 is 1.56 bits per heavy atom. The Morgan fingerprint density at radius 3 is 2.06 bits per heavy atom. The number of carbonyl (C=O) groups is 1. The maximum atomic E-state index is 10.9. The summed E-state index contributed by atoms with van der Waals surface area (Å²) in [7, 11) is 0. The Hall–Kier alpha value is -1.11. The molecular formula is C11H8FeO4. The smallest absolute Gasteiger partial charge is 0 e. The molecule has 2 unspecified atom stereocenters. The van der Waals surface area contributed by atoms with Crippen molar-refractivity contribution in [3.63, 3.8) is 0 Å². The molecule has 0 amide bonds. The Balaban J connectivity index is -0.000000214. The normalized spacial score (nSPS) is 21.8. The summed E-state index contributed by atoms with van der Waals surface area (Å²) in [6.45, 7) is 13.5. The van der Waals surface area contributed by atoms with Crippen LogP contribution in [0.4, 0.5) is 0 Å². The van der Waals surface area contributed by atoms with E-state index in [-0.39, 0.29) is 17.1 Å². The van der Waals surface area contributed by atoms with Gasteiger partial charge in [-0.1, -0.05) is 18.2 Å². The quantitative estimate of drug-likeness (QED) is 0.366. The summed E-state index contributed by atoms with van der Waals surface area (Å²) in [5, 5.41) is 0. The zero-order valence-electron chi connectivity index (χ0n) is 8.16. The first-order valence-electron chi connectivity index (χ1n) is 3.88. The summed E-state index contributed by atoms with van der Waals surface area (Å²) in [4.78, 5) is 10.9. The molecule has 4 nitrogen and oxygen atoms in total. The Labute approximate surface area is 104 Å². The average Bonchev–Trinajstić information content (AvgIpc) is 3.11. The molecule has 0 radical (unpaired) electrons. The van der Waals surface area contributed by atoms with Gasteiger partial charge >= 0.3 is 33.9 Å². The van der Waals surface area contributed by atoms with E-state index in [9.17, 15) is 4.79 Å². The SMILES string of the molecule is O=C1C=CC=CC2CC12.[C-]#[O+].[C-]#[O+].[C-]#[O+].[Fe]. The molecule has 1 saturated carbocycles. The van der Waals surface area contributed by atoms with Gasteiger partial charge in [0.2, 0.25) is 0 Å². The molecule has 0 aliphatic heterocycles. The van der Waals surface area contributed by atoms with E-state index in [0.717, 1.165) is 6.42 Å². The van der Waals surface area contributed by atoms with E-state index in [1.54, 1.807) is 6.08 Å².